The second-order valence-corrected chi connectivity index (χ2v) is 18.6. The van der Waals surface area contributed by atoms with E-state index in [0.29, 0.717) is 39.0 Å². The Hall–Kier alpha value is -2.59. The zero-order valence-corrected chi connectivity index (χ0v) is 41.2. The number of aromatic hydroxyl groups is 1. The van der Waals surface area contributed by atoms with Crippen LogP contribution in [0.3, 0.4) is 0 Å². The summed E-state index contributed by atoms with van der Waals surface area (Å²) in [6, 6.07) is 0. The van der Waals surface area contributed by atoms with Gasteiger partial charge in [0.2, 0.25) is 0 Å². The van der Waals surface area contributed by atoms with Gasteiger partial charge >= 0.3 is 11.9 Å². The van der Waals surface area contributed by atoms with Crippen LogP contribution < -0.4 is 5.32 Å². The largest absolute Gasteiger partial charge is 0.506 e. The van der Waals surface area contributed by atoms with Crippen LogP contribution in [0.2, 0.25) is 0 Å². The first-order valence-electron chi connectivity index (χ1n) is 26.7. The zero-order chi connectivity index (χ0) is 45.9. The van der Waals surface area contributed by atoms with Crippen molar-refractivity contribution in [3.05, 3.63) is 18.0 Å². The van der Waals surface area contributed by atoms with Gasteiger partial charge in [0.25, 0.3) is 5.91 Å². The summed E-state index contributed by atoms with van der Waals surface area (Å²) >= 11 is 0. The number of hydrogen-bond acceptors (Lipinski definition) is 8. The molecule has 0 aliphatic heterocycles. The van der Waals surface area contributed by atoms with Crippen molar-refractivity contribution in [2.45, 2.75) is 264 Å². The lowest BCUT2D eigenvalue weighted by Crippen LogP contribution is -2.34. The molecule has 10 nitrogen and oxygen atoms in total. The fraction of sp³-hybridized carbons (Fsp3) is 0.868. The maximum atomic E-state index is 12.9. The van der Waals surface area contributed by atoms with E-state index >= 15 is 0 Å². The molecule has 63 heavy (non-hydrogen) atoms. The summed E-state index contributed by atoms with van der Waals surface area (Å²) < 4.78 is 11.6. The topological polar surface area (TPSA) is 141 Å². The monoisotopic (exact) mass is 890 g/mol. The summed E-state index contributed by atoms with van der Waals surface area (Å²) in [4.78, 5) is 42.6. The van der Waals surface area contributed by atoms with Gasteiger partial charge in [-0.2, -0.15) is 0 Å². The van der Waals surface area contributed by atoms with Gasteiger partial charge in [-0.15, -0.1) is 0 Å². The number of esters is 2. The predicted octanol–water partition coefficient (Wildman–Crippen LogP) is 13.7. The summed E-state index contributed by atoms with van der Waals surface area (Å²) in [6.45, 7) is 10.2. The summed E-state index contributed by atoms with van der Waals surface area (Å²) in [6.07, 6.45) is 41.8. The number of aromatic amines is 1. The van der Waals surface area contributed by atoms with E-state index in [-0.39, 0.29) is 35.3 Å². The Morgan fingerprint density at radius 1 is 0.571 bits per heavy atom. The number of carbonyl (C=O) groups is 3. The number of nitrogens with one attached hydrogen (secondary N) is 2. The molecule has 0 saturated heterocycles. The Morgan fingerprint density at radius 3 is 1.57 bits per heavy atom. The van der Waals surface area contributed by atoms with Crippen LogP contribution >= 0.6 is 0 Å². The molecule has 0 radical (unpaired) electrons. The fourth-order valence-electron chi connectivity index (χ4n) is 8.42. The van der Waals surface area contributed by atoms with Gasteiger partial charge < -0.3 is 34.9 Å². The van der Waals surface area contributed by atoms with Crippen molar-refractivity contribution in [2.75, 3.05) is 32.8 Å². The van der Waals surface area contributed by atoms with E-state index in [1.54, 1.807) is 0 Å². The average Bonchev–Trinajstić information content (AvgIpc) is 3.71. The van der Waals surface area contributed by atoms with Crippen LogP contribution in [0.15, 0.2) is 12.4 Å². The molecule has 1 atom stereocenters. The molecule has 368 valence electrons. The van der Waals surface area contributed by atoms with Gasteiger partial charge in [0.05, 0.1) is 18.3 Å². The second-order valence-electron chi connectivity index (χ2n) is 18.6. The van der Waals surface area contributed by atoms with Crippen LogP contribution in [0.1, 0.15) is 262 Å². The highest BCUT2D eigenvalue weighted by Gasteiger charge is 2.16. The second kappa shape index (κ2) is 43.3. The number of rotatable bonds is 47. The lowest BCUT2D eigenvalue weighted by molar-refractivity contribution is -0.150. The molecule has 1 amide bonds. The minimum Gasteiger partial charge on any atom is -0.506 e. The smallest absolute Gasteiger partial charge is 0.306 e. The van der Waals surface area contributed by atoms with Crippen LogP contribution in [-0.4, -0.2) is 82.9 Å². The Morgan fingerprint density at radius 2 is 1.03 bits per heavy atom. The Labute approximate surface area is 386 Å². The van der Waals surface area contributed by atoms with Crippen LogP contribution in [-0.2, 0) is 19.1 Å². The standard InChI is InChI=1S/C53H99N3O7/c1-4-7-10-13-16-17-18-24-34-43-62-51(59)38-29-25-33-42-56(46-47(57)35-30-31-40-55-53(61)49-44-54-45-50(49)58)41-32-23-19-22-28-39-52(60)63-48(36-26-20-14-11-8-5-2)37-27-21-15-12-9-6-3/h44-45,47-48,54,57-58H,4-43,46H2,1-3H3,(H,55,61). The van der Waals surface area contributed by atoms with E-state index in [1.807, 2.05) is 0 Å². The van der Waals surface area contributed by atoms with Crippen LogP contribution in [0.4, 0.5) is 0 Å². The average molecular weight is 890 g/mol. The third-order valence-electron chi connectivity index (χ3n) is 12.5. The van der Waals surface area contributed by atoms with E-state index < -0.39 is 6.10 Å². The minimum absolute atomic E-state index is 0.0217. The number of nitrogens with zero attached hydrogens (tertiary/aromatic N) is 1. The number of ether oxygens (including phenoxy) is 2. The molecule has 10 heteroatoms. The van der Waals surface area contributed by atoms with Crippen LogP contribution in [0, 0.1) is 0 Å². The molecule has 0 aliphatic carbocycles. The quantitative estimate of drug-likeness (QED) is 0.0374. The zero-order valence-electron chi connectivity index (χ0n) is 41.2. The van der Waals surface area contributed by atoms with Gasteiger partial charge in [-0.3, -0.25) is 14.4 Å². The Kier molecular flexibility index (Phi) is 40.2. The molecule has 0 saturated carbocycles. The van der Waals surface area contributed by atoms with E-state index in [4.69, 9.17) is 9.47 Å². The van der Waals surface area contributed by atoms with Crippen molar-refractivity contribution in [3.8, 4) is 5.75 Å². The number of H-pyrrole nitrogens is 1. The fourth-order valence-corrected chi connectivity index (χ4v) is 8.42. The number of carbonyl (C=O) groups excluding carboxylic acids is 3. The van der Waals surface area contributed by atoms with Crippen molar-refractivity contribution in [1.29, 1.82) is 0 Å². The van der Waals surface area contributed by atoms with Gasteiger partial charge in [0, 0.05) is 38.3 Å². The molecular weight excluding hydrogens is 791 g/mol. The first-order chi connectivity index (χ1) is 30.8. The summed E-state index contributed by atoms with van der Waals surface area (Å²) in [7, 11) is 0. The number of aliphatic hydroxyl groups excluding tert-OH is 1. The normalized spacial score (nSPS) is 12.0. The number of unbranched alkanes of at least 4 members (excludes halogenated alkanes) is 25. The Balaban J connectivity index is 2.42. The van der Waals surface area contributed by atoms with Crippen molar-refractivity contribution >= 4 is 17.8 Å². The SMILES string of the molecule is CCCCCCCCCCCOC(=O)CCCCCN(CCCCCCCC(=O)OC(CCCCCCCC)CCCCCCCC)CC(O)CCCCNC(=O)c1c[nH]cc1O. The number of hydrogen-bond donors (Lipinski definition) is 4. The highest BCUT2D eigenvalue weighted by Crippen LogP contribution is 2.19. The molecule has 1 aromatic rings. The third-order valence-corrected chi connectivity index (χ3v) is 12.5. The maximum Gasteiger partial charge on any atom is 0.306 e. The highest BCUT2D eigenvalue weighted by atomic mass is 16.5. The van der Waals surface area contributed by atoms with Crippen molar-refractivity contribution in [2.24, 2.45) is 0 Å². The molecular formula is C53H99N3O7. The minimum atomic E-state index is -0.456. The molecule has 0 aromatic carbocycles. The molecule has 0 spiro atoms. The van der Waals surface area contributed by atoms with Gasteiger partial charge in [-0.05, 0) is 90.1 Å². The molecule has 1 unspecified atom stereocenters. The maximum absolute atomic E-state index is 12.9. The summed E-state index contributed by atoms with van der Waals surface area (Å²) in [5.74, 6) is -0.476. The summed E-state index contributed by atoms with van der Waals surface area (Å²) in [5, 5.41) is 23.6. The molecule has 4 N–H and O–H groups in total. The van der Waals surface area contributed by atoms with Crippen molar-refractivity contribution in [1.82, 2.24) is 15.2 Å². The number of amides is 1. The lowest BCUT2D eigenvalue weighted by atomic mass is 10.0. The number of aromatic nitrogens is 1. The van der Waals surface area contributed by atoms with E-state index in [0.717, 1.165) is 116 Å². The van der Waals surface area contributed by atoms with Gasteiger partial charge in [0.15, 0.2) is 0 Å². The molecule has 0 aliphatic rings. The molecule has 1 rings (SSSR count). The van der Waals surface area contributed by atoms with Crippen LogP contribution in [0.25, 0.3) is 0 Å². The van der Waals surface area contributed by atoms with Gasteiger partial charge in [0.1, 0.15) is 11.9 Å². The number of aliphatic hydroxyl groups is 1. The van der Waals surface area contributed by atoms with E-state index in [1.165, 1.54) is 122 Å². The molecule has 1 aromatic heterocycles. The first kappa shape index (κ1) is 58.4. The first-order valence-corrected chi connectivity index (χ1v) is 26.7. The van der Waals surface area contributed by atoms with Crippen molar-refractivity contribution < 1.29 is 34.1 Å². The summed E-state index contributed by atoms with van der Waals surface area (Å²) in [5.41, 5.74) is 0.237. The Bertz CT molecular complexity index is 1180. The third kappa shape index (κ3) is 36.3. The van der Waals surface area contributed by atoms with Gasteiger partial charge in [-0.1, -0.05) is 162 Å². The van der Waals surface area contributed by atoms with E-state index in [9.17, 15) is 24.6 Å². The predicted molar refractivity (Wildman–Crippen MR) is 261 cm³/mol. The molecule has 0 fully saturated rings. The molecule has 0 bridgehead atoms. The lowest BCUT2D eigenvalue weighted by Gasteiger charge is -2.25. The van der Waals surface area contributed by atoms with E-state index in [2.05, 4.69) is 36.0 Å². The molecule has 1 heterocycles. The van der Waals surface area contributed by atoms with Crippen LogP contribution in [0.5, 0.6) is 5.75 Å². The highest BCUT2D eigenvalue weighted by molar-refractivity contribution is 5.96. The van der Waals surface area contributed by atoms with Gasteiger partial charge in [-0.25, -0.2) is 0 Å². The van der Waals surface area contributed by atoms with Crippen molar-refractivity contribution in [3.63, 3.8) is 0 Å².